The second kappa shape index (κ2) is 20.2. The third kappa shape index (κ3) is 7.96. The molecule has 0 saturated heterocycles. The molecule has 12 rings (SSSR count). The fourth-order valence-corrected chi connectivity index (χ4v) is 14.7. The number of aryl methyl sites for hydroxylation is 8. The van der Waals surface area contributed by atoms with Crippen LogP contribution in [0.1, 0.15) is 111 Å². The van der Waals surface area contributed by atoms with Gasteiger partial charge in [-0.1, -0.05) is 146 Å². The van der Waals surface area contributed by atoms with Gasteiger partial charge in [-0.2, -0.15) is 0 Å². The molecule has 388 valence electrons. The molecule has 11 aromatic carbocycles. The number of fused-ring (bicyclic) bond motifs is 8. The maximum absolute atomic E-state index is 5.42. The topological polar surface area (TPSA) is 0 Å². The van der Waals surface area contributed by atoms with Crippen molar-refractivity contribution in [2.75, 3.05) is 0 Å². The number of hydrogen-bond acceptors (Lipinski definition) is 3. The summed E-state index contributed by atoms with van der Waals surface area (Å²) in [6.45, 7) is 33.8. The lowest BCUT2D eigenvalue weighted by atomic mass is 9.57. The second-order valence-electron chi connectivity index (χ2n) is 22.4. The zero-order valence-corrected chi connectivity index (χ0v) is 50.3. The Hall–Kier alpha value is -6.75. The third-order valence-electron chi connectivity index (χ3n) is 18.4. The van der Waals surface area contributed by atoms with Gasteiger partial charge in [-0.15, -0.1) is 37.9 Å². The molecule has 0 fully saturated rings. The van der Waals surface area contributed by atoms with E-state index in [-0.39, 0.29) is 0 Å². The van der Waals surface area contributed by atoms with E-state index in [0.717, 1.165) is 32.2 Å². The third-order valence-corrected chi connectivity index (χ3v) is 20.3. The van der Waals surface area contributed by atoms with Gasteiger partial charge in [0.05, 0.1) is 5.41 Å². The minimum absolute atomic E-state index is 0.762. The van der Waals surface area contributed by atoms with Crippen LogP contribution in [0.2, 0.25) is 0 Å². The Morgan fingerprint density at radius 1 is 0.372 bits per heavy atom. The van der Waals surface area contributed by atoms with Crippen LogP contribution in [0.15, 0.2) is 161 Å². The number of rotatable bonds is 5. The highest BCUT2D eigenvalue weighted by atomic mass is 32.1. The maximum Gasteiger partial charge on any atom is 0.0713 e. The summed E-state index contributed by atoms with van der Waals surface area (Å²) in [5, 5.41) is 10.1. The van der Waals surface area contributed by atoms with Crippen LogP contribution < -0.4 is 0 Å². The highest BCUT2D eigenvalue weighted by molar-refractivity contribution is 7.81. The van der Waals surface area contributed by atoms with E-state index in [4.69, 9.17) is 37.9 Å². The van der Waals surface area contributed by atoms with Gasteiger partial charge in [0, 0.05) is 20.1 Å². The fourth-order valence-electron chi connectivity index (χ4n) is 13.8. The van der Waals surface area contributed by atoms with Gasteiger partial charge in [0.1, 0.15) is 0 Å². The minimum Gasteiger partial charge on any atom is -0.143 e. The van der Waals surface area contributed by atoms with Crippen LogP contribution in [0.5, 0.6) is 0 Å². The van der Waals surface area contributed by atoms with Crippen molar-refractivity contribution in [1.82, 2.24) is 0 Å². The highest BCUT2D eigenvalue weighted by Crippen LogP contribution is 2.57. The largest absolute Gasteiger partial charge is 0.143 e. The normalized spacial score (nSPS) is 12.7. The molecule has 3 heteroatoms. The predicted octanol–water partition coefficient (Wildman–Crippen LogP) is 21.1. The van der Waals surface area contributed by atoms with Crippen molar-refractivity contribution in [3.05, 3.63) is 257 Å². The summed E-state index contributed by atoms with van der Waals surface area (Å²) in [6, 6.07) is 52.6. The molecule has 78 heavy (non-hydrogen) atoms. The summed E-state index contributed by atoms with van der Waals surface area (Å²) in [5.41, 5.74) is 29.3. The minimum atomic E-state index is -0.762. The van der Waals surface area contributed by atoms with E-state index in [9.17, 15) is 0 Å². The molecule has 0 radical (unpaired) electrons. The molecule has 0 nitrogen and oxygen atoms in total. The molecule has 11 aromatic rings. The first kappa shape index (κ1) is 53.3. The lowest BCUT2D eigenvalue weighted by Gasteiger charge is -2.45. The Morgan fingerprint density at radius 2 is 0.821 bits per heavy atom. The Balaban J connectivity index is 0.000000856. The lowest BCUT2D eigenvalue weighted by molar-refractivity contribution is 0.699. The van der Waals surface area contributed by atoms with E-state index in [1.165, 1.54) is 165 Å². The van der Waals surface area contributed by atoms with E-state index in [1.54, 1.807) is 0 Å². The molecular formula is C75H70S3. The molecule has 1 aliphatic carbocycles. The van der Waals surface area contributed by atoms with E-state index in [0.29, 0.717) is 0 Å². The molecule has 0 bridgehead atoms. The first-order chi connectivity index (χ1) is 37.3. The quantitative estimate of drug-likeness (QED) is 0.141. The number of hydrogen-bond donors (Lipinski definition) is 3. The van der Waals surface area contributed by atoms with Crippen LogP contribution in [0.4, 0.5) is 0 Å². The molecule has 0 atom stereocenters. The highest BCUT2D eigenvalue weighted by Gasteiger charge is 2.47. The van der Waals surface area contributed by atoms with Crippen molar-refractivity contribution >= 4 is 87.1 Å². The summed E-state index contributed by atoms with van der Waals surface area (Å²) in [7, 11) is 0. The first-order valence-corrected chi connectivity index (χ1v) is 28.8. The van der Waals surface area contributed by atoms with E-state index in [1.807, 2.05) is 18.2 Å². The number of thiol groups is 3. The van der Waals surface area contributed by atoms with E-state index in [2.05, 4.69) is 224 Å². The molecule has 0 amide bonds. The molecule has 0 spiro atoms. The molecule has 0 heterocycles. The van der Waals surface area contributed by atoms with Gasteiger partial charge in [-0.3, -0.25) is 0 Å². The van der Waals surface area contributed by atoms with Gasteiger partial charge in [0.15, 0.2) is 0 Å². The van der Waals surface area contributed by atoms with Crippen LogP contribution in [-0.2, 0) is 11.8 Å². The fraction of sp³-hybridized carbons (Fsp3) is 0.200. The van der Waals surface area contributed by atoms with Crippen LogP contribution in [0, 0.1) is 90.0 Å². The van der Waals surface area contributed by atoms with Crippen molar-refractivity contribution in [2.24, 2.45) is 0 Å². The van der Waals surface area contributed by atoms with Crippen molar-refractivity contribution in [1.29, 1.82) is 0 Å². The Labute approximate surface area is 479 Å². The Morgan fingerprint density at radius 3 is 1.35 bits per heavy atom. The van der Waals surface area contributed by atoms with Crippen molar-refractivity contribution in [3.63, 3.8) is 0 Å². The van der Waals surface area contributed by atoms with Gasteiger partial charge in [0.2, 0.25) is 0 Å². The maximum atomic E-state index is 5.42. The van der Waals surface area contributed by atoms with Crippen molar-refractivity contribution < 1.29 is 0 Å². The van der Waals surface area contributed by atoms with Gasteiger partial charge < -0.3 is 0 Å². The van der Waals surface area contributed by atoms with Crippen LogP contribution >= 0.6 is 37.9 Å². The first-order valence-electron chi connectivity index (χ1n) is 27.4. The summed E-state index contributed by atoms with van der Waals surface area (Å²) < 4.78 is 0. The average molecular weight is 1070 g/mol. The monoisotopic (exact) mass is 1070 g/mol. The molecule has 0 aliphatic heterocycles. The van der Waals surface area contributed by atoms with Gasteiger partial charge in [-0.25, -0.2) is 0 Å². The molecule has 0 saturated carbocycles. The van der Waals surface area contributed by atoms with Crippen molar-refractivity contribution in [2.45, 2.75) is 117 Å². The SMILES string of the molecule is C=Cc1c(C)c(C)c2c(C)c(C)c(C)c(S)c2c1-c1ccc(C)c(C2(c3cc(-c4c(C)c(S)c(C)c5c(C)c(C)c(S)c(C)c45)ccc3C)c3ccc4ccccc4c3Cc3c2ccc2ccccc32)c1.Cc1ccccc1. The molecule has 1 aliphatic rings. The van der Waals surface area contributed by atoms with Gasteiger partial charge in [-0.05, 0) is 274 Å². The summed E-state index contributed by atoms with van der Waals surface area (Å²) in [6.07, 6.45) is 2.90. The van der Waals surface area contributed by atoms with Crippen molar-refractivity contribution in [3.8, 4) is 22.3 Å². The molecule has 0 aromatic heterocycles. The molecular weight excluding hydrogens is 997 g/mol. The summed E-state index contributed by atoms with van der Waals surface area (Å²) in [5.74, 6) is 0. The van der Waals surface area contributed by atoms with E-state index < -0.39 is 5.41 Å². The predicted molar refractivity (Wildman–Crippen MR) is 348 cm³/mol. The van der Waals surface area contributed by atoms with Crippen LogP contribution in [0.3, 0.4) is 0 Å². The standard InChI is InChI=1S/C68H62S3.C7H8/c1-14-50-37(5)39(7)59-38(6)36(4)41(9)67(71)64(59)63(50)49-26-24-35(3)58(32-49)68(55-29-27-46-19-15-17-21-51(46)53(55)33-54-52-22-18-16-20-47(52)28-30-56(54)68)57-31-48(25-23-34(57)2)61-44(12)66(70)43(11)60-40(8)42(10)65(69)45(13)62(60)61;1-7-5-3-2-4-6-7/h14-32,69-71H,1,33H2,2-13H3;2-6H,1H3. The molecule has 0 N–H and O–H groups in total. The zero-order valence-electron chi connectivity index (χ0n) is 47.6. The second-order valence-corrected chi connectivity index (χ2v) is 23.8. The van der Waals surface area contributed by atoms with Crippen LogP contribution in [-0.4, -0.2) is 0 Å². The summed E-state index contributed by atoms with van der Waals surface area (Å²) >= 11 is 15.9. The zero-order chi connectivity index (χ0) is 55.4. The van der Waals surface area contributed by atoms with Gasteiger partial charge in [0.25, 0.3) is 0 Å². The lowest BCUT2D eigenvalue weighted by Crippen LogP contribution is -2.37. The molecule has 0 unspecified atom stereocenters. The smallest absolute Gasteiger partial charge is 0.0713 e. The summed E-state index contributed by atoms with van der Waals surface area (Å²) in [4.78, 5) is 3.12. The Bertz CT molecular complexity index is 4260. The Kier molecular flexibility index (Phi) is 13.8. The van der Waals surface area contributed by atoms with E-state index >= 15 is 0 Å². The van der Waals surface area contributed by atoms with Gasteiger partial charge >= 0.3 is 0 Å². The van der Waals surface area contributed by atoms with Crippen LogP contribution in [0.25, 0.3) is 71.4 Å². The number of benzene rings is 11. The average Bonchev–Trinajstić information content (AvgIpc) is 2.95.